The summed E-state index contributed by atoms with van der Waals surface area (Å²) in [4.78, 5) is 12.8. The van der Waals surface area contributed by atoms with Crippen LogP contribution in [0.3, 0.4) is 0 Å². The van der Waals surface area contributed by atoms with E-state index in [0.717, 1.165) is 11.5 Å². The third kappa shape index (κ3) is 4.12. The number of amides is 1. The van der Waals surface area contributed by atoms with Gasteiger partial charge in [0.15, 0.2) is 0 Å². The smallest absolute Gasteiger partial charge is 0.223 e. The molecule has 0 aromatic carbocycles. The molecular weight excluding hydrogens is 194 g/mol. The second-order valence-electron chi connectivity index (χ2n) is 3.64. The largest absolute Gasteiger partial charge is 0.361 e. The highest BCUT2D eigenvalue weighted by atomic mass is 16.5. The van der Waals surface area contributed by atoms with Crippen molar-refractivity contribution in [1.29, 1.82) is 0 Å². The van der Waals surface area contributed by atoms with E-state index in [1.807, 2.05) is 13.0 Å². The molecule has 0 bridgehead atoms. The van der Waals surface area contributed by atoms with Gasteiger partial charge in [-0.2, -0.15) is 0 Å². The molecule has 5 nitrogen and oxygen atoms in total. The molecule has 1 N–H and O–H groups in total. The minimum Gasteiger partial charge on any atom is -0.361 e. The first-order valence-corrected chi connectivity index (χ1v) is 4.92. The van der Waals surface area contributed by atoms with Crippen LogP contribution in [-0.4, -0.2) is 36.6 Å². The van der Waals surface area contributed by atoms with Crippen LogP contribution in [-0.2, 0) is 11.3 Å². The van der Waals surface area contributed by atoms with Crippen LogP contribution in [0.1, 0.15) is 17.9 Å². The van der Waals surface area contributed by atoms with E-state index in [0.29, 0.717) is 19.5 Å². The Kier molecular flexibility index (Phi) is 4.30. The third-order valence-corrected chi connectivity index (χ3v) is 2.00. The fraction of sp³-hybridized carbons (Fsp3) is 0.600. The van der Waals surface area contributed by atoms with Crippen LogP contribution in [0.2, 0.25) is 0 Å². The zero-order valence-corrected chi connectivity index (χ0v) is 9.41. The predicted octanol–water partition coefficient (Wildman–Crippen LogP) is 0.551. The number of nitrogens with zero attached hydrogens (tertiary/aromatic N) is 2. The summed E-state index contributed by atoms with van der Waals surface area (Å²) in [7, 11) is 3.51. The van der Waals surface area contributed by atoms with Crippen molar-refractivity contribution in [2.24, 2.45) is 0 Å². The minimum absolute atomic E-state index is 0.124. The summed E-state index contributed by atoms with van der Waals surface area (Å²) in [5.74, 6) is 0.926. The zero-order valence-electron chi connectivity index (χ0n) is 9.41. The van der Waals surface area contributed by atoms with Gasteiger partial charge in [-0.25, -0.2) is 0 Å². The van der Waals surface area contributed by atoms with Crippen LogP contribution in [0.15, 0.2) is 10.6 Å². The minimum atomic E-state index is 0.124. The van der Waals surface area contributed by atoms with Crippen molar-refractivity contribution in [1.82, 2.24) is 15.4 Å². The molecule has 1 amide bonds. The predicted molar refractivity (Wildman–Crippen MR) is 56.3 cm³/mol. The van der Waals surface area contributed by atoms with Crippen LogP contribution in [0, 0.1) is 6.92 Å². The van der Waals surface area contributed by atoms with Crippen molar-refractivity contribution in [2.75, 3.05) is 20.6 Å². The molecule has 1 heterocycles. The van der Waals surface area contributed by atoms with E-state index in [2.05, 4.69) is 10.5 Å². The number of aryl methyl sites for hydroxylation is 1. The van der Waals surface area contributed by atoms with Gasteiger partial charge in [-0.1, -0.05) is 5.16 Å². The molecule has 0 atom stereocenters. The third-order valence-electron chi connectivity index (χ3n) is 2.00. The van der Waals surface area contributed by atoms with E-state index in [9.17, 15) is 4.79 Å². The fourth-order valence-electron chi connectivity index (χ4n) is 1.14. The van der Waals surface area contributed by atoms with Crippen molar-refractivity contribution in [3.63, 3.8) is 0 Å². The van der Waals surface area contributed by atoms with Gasteiger partial charge in [-0.15, -0.1) is 0 Å². The van der Waals surface area contributed by atoms with E-state index >= 15 is 0 Å². The Morgan fingerprint density at radius 3 is 2.87 bits per heavy atom. The highest BCUT2D eigenvalue weighted by Gasteiger charge is 2.03. The second kappa shape index (κ2) is 5.50. The summed E-state index contributed by atoms with van der Waals surface area (Å²) >= 11 is 0. The molecule has 1 aromatic heterocycles. The Labute approximate surface area is 89.4 Å². The van der Waals surface area contributed by atoms with Crippen LogP contribution in [0.25, 0.3) is 0 Å². The normalized spacial score (nSPS) is 10.3. The van der Waals surface area contributed by atoms with Crippen molar-refractivity contribution < 1.29 is 9.32 Å². The average Bonchev–Trinajstić information content (AvgIpc) is 2.58. The first kappa shape index (κ1) is 11.7. The number of nitrogens with one attached hydrogen (secondary N) is 1. The fourth-order valence-corrected chi connectivity index (χ4v) is 1.14. The molecule has 0 saturated heterocycles. The summed E-state index contributed by atoms with van der Waals surface area (Å²) in [6.45, 7) is 3.15. The monoisotopic (exact) mass is 211 g/mol. The molecule has 0 spiro atoms. The van der Waals surface area contributed by atoms with E-state index in [1.54, 1.807) is 19.0 Å². The van der Waals surface area contributed by atoms with Gasteiger partial charge < -0.3 is 14.7 Å². The molecule has 0 unspecified atom stereocenters. The quantitative estimate of drug-likeness (QED) is 0.723. The summed E-state index contributed by atoms with van der Waals surface area (Å²) in [6, 6.07) is 1.88. The first-order valence-electron chi connectivity index (χ1n) is 4.92. The molecular formula is C10H17N3O2. The molecule has 0 aliphatic heterocycles. The molecule has 84 valence electrons. The van der Waals surface area contributed by atoms with E-state index in [1.165, 1.54) is 0 Å². The highest BCUT2D eigenvalue weighted by Crippen LogP contribution is 2.00. The number of aromatic nitrogens is 1. The maximum absolute atomic E-state index is 11.2. The molecule has 1 aromatic rings. The highest BCUT2D eigenvalue weighted by molar-refractivity contribution is 5.75. The van der Waals surface area contributed by atoms with E-state index < -0.39 is 0 Å². The average molecular weight is 211 g/mol. The number of hydrogen-bond acceptors (Lipinski definition) is 4. The Balaban J connectivity index is 2.15. The second-order valence-corrected chi connectivity index (χ2v) is 3.64. The van der Waals surface area contributed by atoms with E-state index in [-0.39, 0.29) is 5.91 Å². The summed E-state index contributed by atoms with van der Waals surface area (Å²) in [6.07, 6.45) is 0.504. The SMILES string of the molecule is Cc1cc(CNCCC(=O)N(C)C)no1. The number of carbonyl (C=O) groups excluding carboxylic acids is 1. The summed E-state index contributed by atoms with van der Waals surface area (Å²) in [5, 5.41) is 6.97. The number of rotatable bonds is 5. The van der Waals surface area contributed by atoms with Crippen LogP contribution in [0.5, 0.6) is 0 Å². The Morgan fingerprint density at radius 2 is 2.33 bits per heavy atom. The van der Waals surface area contributed by atoms with Crippen LogP contribution >= 0.6 is 0 Å². The lowest BCUT2D eigenvalue weighted by Crippen LogP contribution is -2.26. The Bertz CT molecular complexity index is 320. The molecule has 1 rings (SSSR count). The Morgan fingerprint density at radius 1 is 1.60 bits per heavy atom. The van der Waals surface area contributed by atoms with Gasteiger partial charge >= 0.3 is 0 Å². The molecule has 0 fully saturated rings. The van der Waals surface area contributed by atoms with Gasteiger partial charge in [0, 0.05) is 39.7 Å². The van der Waals surface area contributed by atoms with Crippen LogP contribution < -0.4 is 5.32 Å². The van der Waals surface area contributed by atoms with Crippen molar-refractivity contribution in [3.05, 3.63) is 17.5 Å². The molecule has 5 heteroatoms. The molecule has 0 radical (unpaired) electrons. The van der Waals surface area contributed by atoms with Crippen LogP contribution in [0.4, 0.5) is 0 Å². The lowest BCUT2D eigenvalue weighted by atomic mass is 10.3. The molecule has 0 aliphatic rings. The topological polar surface area (TPSA) is 58.4 Å². The number of carbonyl (C=O) groups is 1. The molecule has 0 aliphatic carbocycles. The maximum atomic E-state index is 11.2. The van der Waals surface area contributed by atoms with Gasteiger partial charge in [0.05, 0.1) is 5.69 Å². The van der Waals surface area contributed by atoms with Crippen molar-refractivity contribution in [3.8, 4) is 0 Å². The zero-order chi connectivity index (χ0) is 11.3. The lowest BCUT2D eigenvalue weighted by molar-refractivity contribution is -0.128. The van der Waals surface area contributed by atoms with Gasteiger partial charge in [-0.3, -0.25) is 4.79 Å². The van der Waals surface area contributed by atoms with Crippen molar-refractivity contribution >= 4 is 5.91 Å². The summed E-state index contributed by atoms with van der Waals surface area (Å²) < 4.78 is 4.92. The van der Waals surface area contributed by atoms with Gasteiger partial charge in [0.2, 0.25) is 5.91 Å². The van der Waals surface area contributed by atoms with Gasteiger partial charge in [0.25, 0.3) is 0 Å². The maximum Gasteiger partial charge on any atom is 0.223 e. The Hall–Kier alpha value is -1.36. The first-order chi connectivity index (χ1) is 7.09. The van der Waals surface area contributed by atoms with Gasteiger partial charge in [-0.05, 0) is 6.92 Å². The number of hydrogen-bond donors (Lipinski definition) is 1. The molecule has 15 heavy (non-hydrogen) atoms. The lowest BCUT2D eigenvalue weighted by Gasteiger charge is -2.09. The molecule has 0 saturated carbocycles. The summed E-state index contributed by atoms with van der Waals surface area (Å²) in [5.41, 5.74) is 0.866. The van der Waals surface area contributed by atoms with E-state index in [4.69, 9.17) is 4.52 Å². The standard InChI is InChI=1S/C10H17N3O2/c1-8-6-9(12-15-8)7-11-5-4-10(14)13(2)3/h6,11H,4-5,7H2,1-3H3. The van der Waals surface area contributed by atoms with Crippen molar-refractivity contribution in [2.45, 2.75) is 19.9 Å². The van der Waals surface area contributed by atoms with Gasteiger partial charge in [0.1, 0.15) is 5.76 Å².